The largest absolute Gasteiger partial charge is 0.488 e. The quantitative estimate of drug-likeness (QED) is 0.182. The highest BCUT2D eigenvalue weighted by Crippen LogP contribution is 2.40. The first-order valence-corrected chi connectivity index (χ1v) is 13.6. The highest BCUT2D eigenvalue weighted by Gasteiger charge is 2.41. The number of non-ortho nitro benzene ring substituents is 1. The maximum atomic E-state index is 13.8. The van der Waals surface area contributed by atoms with Gasteiger partial charge in [-0.1, -0.05) is 56.2 Å². The molecule has 5 rings (SSSR count). The number of para-hydroxylation sites is 2. The van der Waals surface area contributed by atoms with Crippen molar-refractivity contribution in [2.45, 2.75) is 45.3 Å². The van der Waals surface area contributed by atoms with Crippen LogP contribution in [0.1, 0.15) is 43.7 Å². The molecule has 2 atom stereocenters. The van der Waals surface area contributed by atoms with E-state index in [9.17, 15) is 14.9 Å². The molecule has 3 aromatic rings. The summed E-state index contributed by atoms with van der Waals surface area (Å²) in [6, 6.07) is 23.8. The summed E-state index contributed by atoms with van der Waals surface area (Å²) >= 11 is 1.41. The van der Waals surface area contributed by atoms with Gasteiger partial charge >= 0.3 is 0 Å². The SMILES string of the molecule is C[C@H]1CCCC[C@@H]1N1C(=O)/C(=C/c2ccccc2OCc2ccc([N+](=O)[O-])cc2)SC1=Nc1ccccc1. The second-order valence-electron chi connectivity index (χ2n) is 9.59. The van der Waals surface area contributed by atoms with Crippen molar-refractivity contribution >= 4 is 40.3 Å². The minimum Gasteiger partial charge on any atom is -0.488 e. The van der Waals surface area contributed by atoms with Gasteiger partial charge in [0.05, 0.1) is 15.5 Å². The third kappa shape index (κ3) is 5.81. The van der Waals surface area contributed by atoms with Crippen molar-refractivity contribution in [1.82, 2.24) is 4.90 Å². The Morgan fingerprint density at radius 1 is 1.03 bits per heavy atom. The second-order valence-corrected chi connectivity index (χ2v) is 10.6. The fraction of sp³-hybridized carbons (Fsp3) is 0.267. The van der Waals surface area contributed by atoms with Gasteiger partial charge < -0.3 is 4.74 Å². The molecule has 3 aromatic carbocycles. The van der Waals surface area contributed by atoms with Gasteiger partial charge in [-0.2, -0.15) is 0 Å². The topological polar surface area (TPSA) is 85.0 Å². The van der Waals surface area contributed by atoms with E-state index >= 15 is 0 Å². The van der Waals surface area contributed by atoms with E-state index in [4.69, 9.17) is 9.73 Å². The number of nitrogens with zero attached hydrogens (tertiary/aromatic N) is 3. The molecular formula is C30H29N3O4S. The predicted octanol–water partition coefficient (Wildman–Crippen LogP) is 7.36. The monoisotopic (exact) mass is 527 g/mol. The Kier molecular flexibility index (Phi) is 7.89. The molecule has 0 spiro atoms. The number of ether oxygens (including phenoxy) is 1. The molecule has 1 saturated carbocycles. The Morgan fingerprint density at radius 3 is 2.47 bits per heavy atom. The molecule has 0 bridgehead atoms. The third-order valence-corrected chi connectivity index (χ3v) is 7.95. The van der Waals surface area contributed by atoms with Gasteiger partial charge in [0, 0.05) is 23.7 Å². The van der Waals surface area contributed by atoms with Crippen molar-refractivity contribution in [3.8, 4) is 5.75 Å². The van der Waals surface area contributed by atoms with E-state index < -0.39 is 4.92 Å². The van der Waals surface area contributed by atoms with Crippen molar-refractivity contribution in [2.24, 2.45) is 10.9 Å². The van der Waals surface area contributed by atoms with Gasteiger partial charge in [-0.3, -0.25) is 19.8 Å². The van der Waals surface area contributed by atoms with Crippen LogP contribution in [0.4, 0.5) is 11.4 Å². The Labute approximate surface area is 226 Å². The molecule has 2 aliphatic rings. The van der Waals surface area contributed by atoms with E-state index in [-0.39, 0.29) is 24.2 Å². The summed E-state index contributed by atoms with van der Waals surface area (Å²) in [7, 11) is 0. The van der Waals surface area contributed by atoms with Crippen LogP contribution in [0.25, 0.3) is 6.08 Å². The lowest BCUT2D eigenvalue weighted by molar-refractivity contribution is -0.384. The number of amidine groups is 1. The average Bonchev–Trinajstić information content (AvgIpc) is 3.23. The zero-order valence-corrected chi connectivity index (χ0v) is 22.0. The molecular weight excluding hydrogens is 498 g/mol. The lowest BCUT2D eigenvalue weighted by atomic mass is 9.85. The summed E-state index contributed by atoms with van der Waals surface area (Å²) in [6.07, 6.45) is 6.27. The Hall–Kier alpha value is -3.91. The molecule has 1 amide bonds. The summed E-state index contributed by atoms with van der Waals surface area (Å²) < 4.78 is 6.07. The fourth-order valence-electron chi connectivity index (χ4n) is 4.90. The van der Waals surface area contributed by atoms with Crippen LogP contribution in [0.15, 0.2) is 88.8 Å². The molecule has 0 aromatic heterocycles. The van der Waals surface area contributed by atoms with Crippen LogP contribution in [-0.2, 0) is 11.4 Å². The number of hydrogen-bond acceptors (Lipinski definition) is 6. The first-order valence-electron chi connectivity index (χ1n) is 12.8. The van der Waals surface area contributed by atoms with Crippen LogP contribution in [0.5, 0.6) is 5.75 Å². The van der Waals surface area contributed by atoms with Crippen LogP contribution in [-0.4, -0.2) is 26.9 Å². The summed E-state index contributed by atoms with van der Waals surface area (Å²) in [5, 5.41) is 11.6. The predicted molar refractivity (Wildman–Crippen MR) is 151 cm³/mol. The van der Waals surface area contributed by atoms with E-state index in [1.54, 1.807) is 12.1 Å². The van der Waals surface area contributed by atoms with Gasteiger partial charge in [0.25, 0.3) is 11.6 Å². The van der Waals surface area contributed by atoms with Crippen molar-refractivity contribution in [3.05, 3.63) is 105 Å². The number of rotatable bonds is 7. The van der Waals surface area contributed by atoms with Gasteiger partial charge in [-0.25, -0.2) is 4.99 Å². The fourth-order valence-corrected chi connectivity index (χ4v) is 5.93. The highest BCUT2D eigenvalue weighted by atomic mass is 32.2. The van der Waals surface area contributed by atoms with E-state index in [1.807, 2.05) is 65.6 Å². The summed E-state index contributed by atoms with van der Waals surface area (Å²) in [4.78, 5) is 31.7. The van der Waals surface area contributed by atoms with Crippen molar-refractivity contribution in [3.63, 3.8) is 0 Å². The van der Waals surface area contributed by atoms with Crippen molar-refractivity contribution in [2.75, 3.05) is 0 Å². The third-order valence-electron chi connectivity index (χ3n) is 6.96. The van der Waals surface area contributed by atoms with Crippen LogP contribution in [0, 0.1) is 16.0 Å². The molecule has 0 radical (unpaired) electrons. The van der Waals surface area contributed by atoms with Crippen LogP contribution in [0.2, 0.25) is 0 Å². The molecule has 0 unspecified atom stereocenters. The highest BCUT2D eigenvalue weighted by molar-refractivity contribution is 8.18. The van der Waals surface area contributed by atoms with Gasteiger partial charge in [-0.05, 0) is 72.5 Å². The summed E-state index contributed by atoms with van der Waals surface area (Å²) in [6.45, 7) is 2.48. The Morgan fingerprint density at radius 2 is 1.74 bits per heavy atom. The number of thioether (sulfide) groups is 1. The molecule has 2 fully saturated rings. The first kappa shape index (κ1) is 25.7. The number of carbonyl (C=O) groups excluding carboxylic acids is 1. The summed E-state index contributed by atoms with van der Waals surface area (Å²) in [5.74, 6) is 1.03. The Balaban J connectivity index is 1.42. The van der Waals surface area contributed by atoms with Gasteiger partial charge in [0.15, 0.2) is 5.17 Å². The number of hydrogen-bond donors (Lipinski definition) is 0. The molecule has 8 heteroatoms. The molecule has 1 saturated heterocycles. The number of nitro benzene ring substituents is 1. The maximum absolute atomic E-state index is 13.8. The zero-order chi connectivity index (χ0) is 26.5. The van der Waals surface area contributed by atoms with Crippen LogP contribution in [0.3, 0.4) is 0 Å². The molecule has 0 N–H and O–H groups in total. The van der Waals surface area contributed by atoms with Crippen LogP contribution < -0.4 is 4.74 Å². The van der Waals surface area contributed by atoms with E-state index in [0.29, 0.717) is 16.6 Å². The number of aliphatic imine (C=N–C) groups is 1. The maximum Gasteiger partial charge on any atom is 0.269 e. The number of carbonyl (C=O) groups is 1. The normalized spacial score (nSPS) is 21.7. The minimum atomic E-state index is -0.422. The summed E-state index contributed by atoms with van der Waals surface area (Å²) in [5.41, 5.74) is 2.48. The van der Waals surface area contributed by atoms with Crippen molar-refractivity contribution in [1.29, 1.82) is 0 Å². The lowest BCUT2D eigenvalue weighted by Crippen LogP contribution is -2.44. The molecule has 38 heavy (non-hydrogen) atoms. The lowest BCUT2D eigenvalue weighted by Gasteiger charge is -2.35. The Bertz CT molecular complexity index is 1370. The second kappa shape index (κ2) is 11.6. The number of amides is 1. The molecule has 1 heterocycles. The van der Waals surface area contributed by atoms with E-state index in [2.05, 4.69) is 6.92 Å². The van der Waals surface area contributed by atoms with Gasteiger partial charge in [0.1, 0.15) is 12.4 Å². The number of nitro groups is 1. The van der Waals surface area contributed by atoms with Gasteiger partial charge in [0.2, 0.25) is 0 Å². The first-order chi connectivity index (χ1) is 18.5. The zero-order valence-electron chi connectivity index (χ0n) is 21.2. The number of benzene rings is 3. The van der Waals surface area contributed by atoms with E-state index in [1.165, 1.54) is 30.3 Å². The minimum absolute atomic E-state index is 0.0198. The van der Waals surface area contributed by atoms with E-state index in [0.717, 1.165) is 41.2 Å². The molecule has 1 aliphatic carbocycles. The molecule has 7 nitrogen and oxygen atoms in total. The van der Waals surface area contributed by atoms with Crippen LogP contribution >= 0.6 is 11.8 Å². The molecule has 194 valence electrons. The van der Waals surface area contributed by atoms with Crippen molar-refractivity contribution < 1.29 is 14.5 Å². The smallest absolute Gasteiger partial charge is 0.269 e. The van der Waals surface area contributed by atoms with Gasteiger partial charge in [-0.15, -0.1) is 0 Å². The standard InChI is InChI=1S/C30H29N3O4S/c1-21-9-5-7-13-26(21)32-29(34)28(38-30(32)31-24-11-3-2-4-12-24)19-23-10-6-8-14-27(23)37-20-22-15-17-25(18-16-22)33(35)36/h2-4,6,8,10-12,14-19,21,26H,5,7,9,13,20H2,1H3/b28-19-,31-30?/t21-,26-/m0/s1. The average molecular weight is 528 g/mol. The molecule has 1 aliphatic heterocycles.